The average Bonchev–Trinajstić information content (AvgIpc) is 2.40. The number of rotatable bonds is 1. The minimum absolute atomic E-state index is 0.0969. The summed E-state index contributed by atoms with van der Waals surface area (Å²) in [5.74, 6) is 1.13. The van der Waals surface area contributed by atoms with E-state index < -0.39 is 0 Å². The zero-order valence-corrected chi connectivity index (χ0v) is 11.3. The number of carbonyl (C=O) groups excluding carboxylic acids is 1. The third-order valence-corrected chi connectivity index (χ3v) is 3.78. The van der Waals surface area contributed by atoms with Crippen molar-refractivity contribution in [2.24, 2.45) is 11.7 Å². The highest BCUT2D eigenvalue weighted by atomic mass is 16.2. The van der Waals surface area contributed by atoms with Crippen LogP contribution in [0.5, 0.6) is 0 Å². The number of hydrogen-bond donors (Lipinski definition) is 1. The van der Waals surface area contributed by atoms with Crippen LogP contribution in [0.2, 0.25) is 0 Å². The third kappa shape index (κ3) is 6.06. The fourth-order valence-corrected chi connectivity index (χ4v) is 2.58. The molecule has 2 aliphatic rings. The summed E-state index contributed by atoms with van der Waals surface area (Å²) in [6.45, 7) is 4.35. The van der Waals surface area contributed by atoms with Crippen LogP contribution in [-0.2, 0) is 4.79 Å². The first-order valence-corrected chi connectivity index (χ1v) is 7.22. The summed E-state index contributed by atoms with van der Waals surface area (Å²) >= 11 is 0. The van der Waals surface area contributed by atoms with Gasteiger partial charge in [0.25, 0.3) is 0 Å². The minimum atomic E-state index is 0.0969. The van der Waals surface area contributed by atoms with Gasteiger partial charge in [-0.3, -0.25) is 4.79 Å². The molecule has 2 rings (SSSR count). The zero-order chi connectivity index (χ0) is 12.5. The Morgan fingerprint density at radius 2 is 1.59 bits per heavy atom. The molecule has 0 bridgehead atoms. The van der Waals surface area contributed by atoms with Gasteiger partial charge >= 0.3 is 0 Å². The lowest BCUT2D eigenvalue weighted by molar-refractivity contribution is -0.130. The van der Waals surface area contributed by atoms with E-state index in [0.717, 1.165) is 31.8 Å². The van der Waals surface area contributed by atoms with Gasteiger partial charge in [-0.25, -0.2) is 0 Å². The number of carbonyl (C=O) groups is 1. The minimum Gasteiger partial charge on any atom is -0.342 e. The fourth-order valence-electron chi connectivity index (χ4n) is 2.58. The van der Waals surface area contributed by atoms with Crippen molar-refractivity contribution in [3.8, 4) is 0 Å². The lowest BCUT2D eigenvalue weighted by Gasteiger charge is -2.25. The molecule has 1 aliphatic heterocycles. The topological polar surface area (TPSA) is 46.3 Å². The Hall–Kier alpha value is -0.570. The van der Waals surface area contributed by atoms with Gasteiger partial charge in [0, 0.05) is 13.1 Å². The number of likely N-dealkylation sites (tertiary alicyclic amines) is 1. The maximum atomic E-state index is 11.0. The van der Waals surface area contributed by atoms with Crippen molar-refractivity contribution < 1.29 is 4.79 Å². The first-order valence-electron chi connectivity index (χ1n) is 7.22. The average molecular weight is 240 g/mol. The maximum absolute atomic E-state index is 11.0. The highest BCUT2D eigenvalue weighted by molar-refractivity contribution is 5.78. The second-order valence-corrected chi connectivity index (χ2v) is 5.39. The molecule has 2 N–H and O–H groups in total. The first kappa shape index (κ1) is 14.5. The SMILES string of the molecule is CC1CCCCC1.NCC(=O)N1CCCCC1. The van der Waals surface area contributed by atoms with Gasteiger partial charge in [0.15, 0.2) is 0 Å². The highest BCUT2D eigenvalue weighted by Crippen LogP contribution is 2.22. The zero-order valence-electron chi connectivity index (χ0n) is 11.3. The summed E-state index contributed by atoms with van der Waals surface area (Å²) in [6, 6.07) is 0. The van der Waals surface area contributed by atoms with Crippen LogP contribution < -0.4 is 5.73 Å². The van der Waals surface area contributed by atoms with E-state index in [-0.39, 0.29) is 12.5 Å². The molecule has 0 unspecified atom stereocenters. The highest BCUT2D eigenvalue weighted by Gasteiger charge is 2.13. The van der Waals surface area contributed by atoms with Crippen LogP contribution in [0.3, 0.4) is 0 Å². The number of amides is 1. The quantitative estimate of drug-likeness (QED) is 0.765. The van der Waals surface area contributed by atoms with Crippen molar-refractivity contribution in [2.75, 3.05) is 19.6 Å². The summed E-state index contributed by atoms with van der Waals surface area (Å²) in [5.41, 5.74) is 5.21. The Balaban J connectivity index is 0.000000181. The molecule has 0 spiro atoms. The lowest BCUT2D eigenvalue weighted by atomic mass is 9.91. The molecule has 100 valence electrons. The monoisotopic (exact) mass is 240 g/mol. The Morgan fingerprint density at radius 1 is 1.06 bits per heavy atom. The van der Waals surface area contributed by atoms with Crippen molar-refractivity contribution in [3.63, 3.8) is 0 Å². The Bertz CT molecular complexity index is 206. The first-order chi connectivity index (χ1) is 8.24. The molecule has 2 fully saturated rings. The van der Waals surface area contributed by atoms with Crippen molar-refractivity contribution in [3.05, 3.63) is 0 Å². The van der Waals surface area contributed by atoms with E-state index in [1.165, 1.54) is 38.5 Å². The van der Waals surface area contributed by atoms with Gasteiger partial charge < -0.3 is 10.6 Å². The predicted octanol–water partition coefficient (Wildman–Crippen LogP) is 2.54. The Morgan fingerprint density at radius 3 is 2.00 bits per heavy atom. The Kier molecular flexibility index (Phi) is 7.25. The van der Waals surface area contributed by atoms with E-state index in [0.29, 0.717) is 0 Å². The summed E-state index contributed by atoms with van der Waals surface area (Å²) in [6.07, 6.45) is 11.0. The molecule has 1 aliphatic carbocycles. The van der Waals surface area contributed by atoms with Crippen molar-refractivity contribution >= 4 is 5.91 Å². The summed E-state index contributed by atoms with van der Waals surface area (Å²) < 4.78 is 0. The van der Waals surface area contributed by atoms with Crippen LogP contribution >= 0.6 is 0 Å². The van der Waals surface area contributed by atoms with Crippen LogP contribution in [0.4, 0.5) is 0 Å². The molecule has 1 saturated carbocycles. The smallest absolute Gasteiger partial charge is 0.236 e. The van der Waals surface area contributed by atoms with Crippen LogP contribution in [-0.4, -0.2) is 30.4 Å². The largest absolute Gasteiger partial charge is 0.342 e. The van der Waals surface area contributed by atoms with E-state index in [4.69, 9.17) is 5.73 Å². The fraction of sp³-hybridized carbons (Fsp3) is 0.929. The van der Waals surface area contributed by atoms with E-state index in [9.17, 15) is 4.79 Å². The number of nitrogens with two attached hydrogens (primary N) is 1. The summed E-state index contributed by atoms with van der Waals surface area (Å²) in [7, 11) is 0. The third-order valence-electron chi connectivity index (χ3n) is 3.78. The van der Waals surface area contributed by atoms with Crippen molar-refractivity contribution in [2.45, 2.75) is 58.3 Å². The van der Waals surface area contributed by atoms with Crippen LogP contribution in [0.1, 0.15) is 58.3 Å². The van der Waals surface area contributed by atoms with Crippen molar-refractivity contribution in [1.29, 1.82) is 0 Å². The van der Waals surface area contributed by atoms with Gasteiger partial charge in [0.05, 0.1) is 6.54 Å². The van der Waals surface area contributed by atoms with Crippen LogP contribution in [0.25, 0.3) is 0 Å². The maximum Gasteiger partial charge on any atom is 0.236 e. The van der Waals surface area contributed by atoms with E-state index in [1.807, 2.05) is 4.90 Å². The molecule has 1 amide bonds. The second kappa shape index (κ2) is 8.51. The van der Waals surface area contributed by atoms with Gasteiger partial charge in [0.2, 0.25) is 5.91 Å². The molecular formula is C14H28N2O. The van der Waals surface area contributed by atoms with Gasteiger partial charge in [-0.15, -0.1) is 0 Å². The van der Waals surface area contributed by atoms with Crippen molar-refractivity contribution in [1.82, 2.24) is 4.90 Å². The van der Waals surface area contributed by atoms with Gasteiger partial charge in [-0.1, -0.05) is 39.0 Å². The van der Waals surface area contributed by atoms with Gasteiger partial charge in [-0.2, -0.15) is 0 Å². The predicted molar refractivity (Wildman–Crippen MR) is 71.7 cm³/mol. The molecule has 0 aromatic heterocycles. The number of nitrogens with zero attached hydrogens (tertiary/aromatic N) is 1. The van der Waals surface area contributed by atoms with E-state index in [1.54, 1.807) is 0 Å². The molecule has 0 radical (unpaired) electrons. The van der Waals surface area contributed by atoms with E-state index >= 15 is 0 Å². The second-order valence-electron chi connectivity index (χ2n) is 5.39. The lowest BCUT2D eigenvalue weighted by Crippen LogP contribution is -2.39. The molecule has 17 heavy (non-hydrogen) atoms. The molecule has 1 saturated heterocycles. The molecule has 0 atom stereocenters. The normalized spacial score (nSPS) is 21.6. The standard InChI is InChI=1S/C7H14N2O.C7H14/c8-6-7(10)9-4-2-1-3-5-9;1-7-5-3-2-4-6-7/h1-6,8H2;7H,2-6H2,1H3. The Labute approximate surface area is 106 Å². The van der Waals surface area contributed by atoms with Gasteiger partial charge in [-0.05, 0) is 25.2 Å². The van der Waals surface area contributed by atoms with Crippen LogP contribution in [0.15, 0.2) is 0 Å². The van der Waals surface area contributed by atoms with Crippen LogP contribution in [0, 0.1) is 5.92 Å². The summed E-state index contributed by atoms with van der Waals surface area (Å²) in [4.78, 5) is 12.8. The summed E-state index contributed by atoms with van der Waals surface area (Å²) in [5, 5.41) is 0. The van der Waals surface area contributed by atoms with E-state index in [2.05, 4.69) is 6.92 Å². The molecule has 3 heteroatoms. The molecular weight excluding hydrogens is 212 g/mol. The molecule has 0 aromatic carbocycles. The molecule has 1 heterocycles. The number of hydrogen-bond acceptors (Lipinski definition) is 2. The van der Waals surface area contributed by atoms with Gasteiger partial charge in [0.1, 0.15) is 0 Å². The molecule has 0 aromatic rings. The number of piperidine rings is 1. The molecule has 3 nitrogen and oxygen atoms in total.